The van der Waals surface area contributed by atoms with Crippen molar-refractivity contribution in [2.24, 2.45) is 0 Å². The monoisotopic (exact) mass is 300 g/mol. The first-order valence-corrected chi connectivity index (χ1v) is 7.25. The van der Waals surface area contributed by atoms with Gasteiger partial charge >= 0.3 is 0 Å². The van der Waals surface area contributed by atoms with E-state index in [-0.39, 0.29) is 11.3 Å². The second kappa shape index (κ2) is 5.62. The van der Waals surface area contributed by atoms with Crippen molar-refractivity contribution in [2.45, 2.75) is 33.1 Å². The van der Waals surface area contributed by atoms with Gasteiger partial charge in [-0.1, -0.05) is 31.3 Å². The highest BCUT2D eigenvalue weighted by Gasteiger charge is 2.26. The van der Waals surface area contributed by atoms with Crippen LogP contribution in [0.2, 0.25) is 0 Å². The van der Waals surface area contributed by atoms with E-state index < -0.39 is 0 Å². The van der Waals surface area contributed by atoms with E-state index in [1.807, 2.05) is 33.8 Å². The SMILES string of the molecule is Cc1ccc(C#N)cc1NC(=O)c1snnc1C(C)(C)C. The third kappa shape index (κ3) is 3.26. The van der Waals surface area contributed by atoms with Gasteiger partial charge in [0, 0.05) is 11.1 Å². The molecule has 2 rings (SSSR count). The van der Waals surface area contributed by atoms with Gasteiger partial charge in [-0.2, -0.15) is 5.26 Å². The molecular formula is C15H16N4OS. The molecule has 0 bridgehead atoms. The van der Waals surface area contributed by atoms with Crippen LogP contribution in [0.3, 0.4) is 0 Å². The number of rotatable bonds is 2. The molecule has 0 fully saturated rings. The summed E-state index contributed by atoms with van der Waals surface area (Å²) in [6.07, 6.45) is 0. The maximum atomic E-state index is 12.4. The molecule has 0 aliphatic rings. The first kappa shape index (κ1) is 15.1. The fourth-order valence-electron chi connectivity index (χ4n) is 1.84. The maximum Gasteiger partial charge on any atom is 0.269 e. The summed E-state index contributed by atoms with van der Waals surface area (Å²) in [5.41, 5.74) is 2.47. The van der Waals surface area contributed by atoms with Crippen LogP contribution in [-0.4, -0.2) is 15.5 Å². The van der Waals surface area contributed by atoms with E-state index in [2.05, 4.69) is 21.0 Å². The molecular weight excluding hydrogens is 284 g/mol. The molecule has 1 N–H and O–H groups in total. The summed E-state index contributed by atoms with van der Waals surface area (Å²) in [5, 5.41) is 15.8. The van der Waals surface area contributed by atoms with Crippen molar-refractivity contribution in [3.8, 4) is 6.07 Å². The van der Waals surface area contributed by atoms with Gasteiger partial charge in [0.15, 0.2) is 0 Å². The number of hydrogen-bond acceptors (Lipinski definition) is 5. The average Bonchev–Trinajstić information content (AvgIpc) is 2.90. The van der Waals surface area contributed by atoms with E-state index in [1.165, 1.54) is 0 Å². The second-order valence-corrected chi connectivity index (χ2v) is 6.55. The van der Waals surface area contributed by atoms with Gasteiger partial charge < -0.3 is 5.32 Å². The Morgan fingerprint density at radius 3 is 2.71 bits per heavy atom. The largest absolute Gasteiger partial charge is 0.321 e. The number of aromatic nitrogens is 2. The molecule has 1 heterocycles. The minimum absolute atomic E-state index is 0.242. The van der Waals surface area contributed by atoms with Crippen molar-refractivity contribution >= 4 is 23.1 Å². The van der Waals surface area contributed by atoms with Gasteiger partial charge in [0.2, 0.25) is 0 Å². The second-order valence-electron chi connectivity index (χ2n) is 5.80. The van der Waals surface area contributed by atoms with Crippen LogP contribution in [0.1, 0.15) is 47.3 Å². The van der Waals surface area contributed by atoms with Crippen LogP contribution in [0.4, 0.5) is 5.69 Å². The zero-order valence-electron chi connectivity index (χ0n) is 12.4. The Morgan fingerprint density at radius 2 is 2.10 bits per heavy atom. The van der Waals surface area contributed by atoms with Gasteiger partial charge in [-0.05, 0) is 36.2 Å². The minimum Gasteiger partial charge on any atom is -0.321 e. The predicted molar refractivity (Wildman–Crippen MR) is 82.5 cm³/mol. The number of carbonyl (C=O) groups is 1. The van der Waals surface area contributed by atoms with Crippen LogP contribution < -0.4 is 5.32 Å². The Labute approximate surface area is 127 Å². The van der Waals surface area contributed by atoms with E-state index in [4.69, 9.17) is 5.26 Å². The Bertz CT molecular complexity index is 722. The Kier molecular flexibility index (Phi) is 4.05. The van der Waals surface area contributed by atoms with Gasteiger partial charge in [-0.3, -0.25) is 4.79 Å². The summed E-state index contributed by atoms with van der Waals surface area (Å²) in [6.45, 7) is 7.85. The molecule has 0 saturated carbocycles. The number of aryl methyl sites for hydroxylation is 1. The third-order valence-corrected chi connectivity index (χ3v) is 3.74. The molecule has 0 unspecified atom stereocenters. The molecule has 21 heavy (non-hydrogen) atoms. The molecule has 1 amide bonds. The standard InChI is InChI=1S/C15H16N4OS/c1-9-5-6-10(8-16)7-11(9)17-14(20)12-13(15(2,3)4)18-19-21-12/h5-7H,1-4H3,(H,17,20). The summed E-state index contributed by atoms with van der Waals surface area (Å²) in [6, 6.07) is 7.26. The number of nitrogens with zero attached hydrogens (tertiary/aromatic N) is 3. The lowest BCUT2D eigenvalue weighted by atomic mass is 9.91. The first-order chi connectivity index (χ1) is 9.82. The molecule has 6 heteroatoms. The molecule has 0 spiro atoms. The number of nitrogens with one attached hydrogen (secondary N) is 1. The molecule has 0 atom stereocenters. The molecule has 0 aliphatic heterocycles. The molecule has 108 valence electrons. The van der Waals surface area contributed by atoms with E-state index >= 15 is 0 Å². The highest BCUT2D eigenvalue weighted by molar-refractivity contribution is 7.08. The molecule has 0 radical (unpaired) electrons. The molecule has 5 nitrogen and oxygen atoms in total. The van der Waals surface area contributed by atoms with Gasteiger partial charge in [0.25, 0.3) is 5.91 Å². The maximum absolute atomic E-state index is 12.4. The Hall–Kier alpha value is -2.26. The molecule has 1 aromatic heterocycles. The highest BCUT2D eigenvalue weighted by atomic mass is 32.1. The highest BCUT2D eigenvalue weighted by Crippen LogP contribution is 2.27. The summed E-state index contributed by atoms with van der Waals surface area (Å²) in [5.74, 6) is -0.242. The summed E-state index contributed by atoms with van der Waals surface area (Å²) in [4.78, 5) is 12.9. The van der Waals surface area contributed by atoms with Crippen LogP contribution in [-0.2, 0) is 5.41 Å². The number of carbonyl (C=O) groups excluding carboxylic acids is 1. The number of amides is 1. The summed E-state index contributed by atoms with van der Waals surface area (Å²) < 4.78 is 3.89. The van der Waals surface area contributed by atoms with E-state index in [1.54, 1.807) is 12.1 Å². The van der Waals surface area contributed by atoms with Crippen molar-refractivity contribution in [2.75, 3.05) is 5.32 Å². The van der Waals surface area contributed by atoms with E-state index in [0.717, 1.165) is 17.1 Å². The molecule has 1 aromatic carbocycles. The quantitative estimate of drug-likeness (QED) is 0.923. The smallest absolute Gasteiger partial charge is 0.269 e. The van der Waals surface area contributed by atoms with Gasteiger partial charge in [0.1, 0.15) is 4.88 Å². The van der Waals surface area contributed by atoms with Crippen LogP contribution in [0.25, 0.3) is 0 Å². The number of benzene rings is 1. The minimum atomic E-state index is -0.247. The lowest BCUT2D eigenvalue weighted by Crippen LogP contribution is -2.20. The average molecular weight is 300 g/mol. The van der Waals surface area contributed by atoms with Crippen molar-refractivity contribution < 1.29 is 4.79 Å². The number of hydrogen-bond donors (Lipinski definition) is 1. The fraction of sp³-hybridized carbons (Fsp3) is 0.333. The topological polar surface area (TPSA) is 78.7 Å². The lowest BCUT2D eigenvalue weighted by Gasteiger charge is -2.16. The number of anilines is 1. The zero-order valence-corrected chi connectivity index (χ0v) is 13.2. The first-order valence-electron chi connectivity index (χ1n) is 6.48. The fourth-order valence-corrected chi connectivity index (χ4v) is 2.61. The van der Waals surface area contributed by atoms with Crippen molar-refractivity contribution in [1.82, 2.24) is 9.59 Å². The van der Waals surface area contributed by atoms with Gasteiger partial charge in [0.05, 0.1) is 17.3 Å². The van der Waals surface area contributed by atoms with E-state index in [0.29, 0.717) is 21.8 Å². The van der Waals surface area contributed by atoms with Crippen LogP contribution in [0.5, 0.6) is 0 Å². The van der Waals surface area contributed by atoms with Gasteiger partial charge in [-0.25, -0.2) is 0 Å². The summed E-state index contributed by atoms with van der Waals surface area (Å²) >= 11 is 1.08. The lowest BCUT2D eigenvalue weighted by molar-refractivity contribution is 0.102. The van der Waals surface area contributed by atoms with Crippen LogP contribution >= 0.6 is 11.5 Å². The van der Waals surface area contributed by atoms with Crippen molar-refractivity contribution in [3.63, 3.8) is 0 Å². The normalized spacial score (nSPS) is 11.0. The van der Waals surface area contributed by atoms with Crippen LogP contribution in [0.15, 0.2) is 18.2 Å². The zero-order chi connectivity index (χ0) is 15.6. The van der Waals surface area contributed by atoms with Gasteiger partial charge in [-0.15, -0.1) is 5.10 Å². The molecule has 0 aliphatic carbocycles. The van der Waals surface area contributed by atoms with Crippen molar-refractivity contribution in [3.05, 3.63) is 39.9 Å². The molecule has 0 saturated heterocycles. The van der Waals surface area contributed by atoms with Crippen LogP contribution in [0, 0.1) is 18.3 Å². The van der Waals surface area contributed by atoms with E-state index in [9.17, 15) is 4.79 Å². The molecule has 2 aromatic rings. The third-order valence-electron chi connectivity index (χ3n) is 3.02. The van der Waals surface area contributed by atoms with Crippen molar-refractivity contribution in [1.29, 1.82) is 5.26 Å². The predicted octanol–water partition coefficient (Wildman–Crippen LogP) is 3.27. The summed E-state index contributed by atoms with van der Waals surface area (Å²) in [7, 11) is 0. The Morgan fingerprint density at radius 1 is 1.38 bits per heavy atom. The number of nitriles is 1. The Balaban J connectivity index is 2.32.